The van der Waals surface area contributed by atoms with E-state index >= 15 is 14.4 Å². The van der Waals surface area contributed by atoms with Gasteiger partial charge in [-0.1, -0.05) is 76.4 Å². The van der Waals surface area contributed by atoms with Crippen molar-refractivity contribution in [1.29, 1.82) is 0 Å². The summed E-state index contributed by atoms with van der Waals surface area (Å²) in [6.07, 6.45) is 0.0572. The third-order valence-electron chi connectivity index (χ3n) is 18.3. The van der Waals surface area contributed by atoms with E-state index in [0.29, 0.717) is 48.7 Å². The fraction of sp³-hybridized carbons (Fsp3) is 0.500. The number of nitrogens with one attached hydrogen (secondary N) is 11. The van der Waals surface area contributed by atoms with Gasteiger partial charge in [0.15, 0.2) is 5.96 Å². The van der Waals surface area contributed by atoms with Crippen molar-refractivity contribution in [2.24, 2.45) is 39.6 Å². The zero-order chi connectivity index (χ0) is 78.7. The first kappa shape index (κ1) is 85.0. The van der Waals surface area contributed by atoms with Gasteiger partial charge < -0.3 is 102 Å². The van der Waals surface area contributed by atoms with Gasteiger partial charge in [-0.2, -0.15) is 0 Å². The second kappa shape index (κ2) is 41.7. The first-order chi connectivity index (χ1) is 51.4. The highest BCUT2D eigenvalue weighted by atomic mass is 35.5. The third-order valence-corrected chi connectivity index (χ3v) is 21.1. The molecule has 13 amide bonds. The molecule has 3 aromatic carbocycles. The number of carboxylic acids is 1. The molecule has 34 nitrogen and oxygen atoms in total. The van der Waals surface area contributed by atoms with E-state index in [1.165, 1.54) is 41.4 Å². The molecule has 11 atom stereocenters. The van der Waals surface area contributed by atoms with Gasteiger partial charge in [-0.3, -0.25) is 72.1 Å². The number of phenolic OH excluding ortho intramolecular Hbond substituents is 1. The van der Waals surface area contributed by atoms with E-state index in [4.69, 9.17) is 40.3 Å². The van der Waals surface area contributed by atoms with Gasteiger partial charge in [-0.25, -0.2) is 4.39 Å². The predicted molar refractivity (Wildman–Crippen MR) is 398 cm³/mol. The fourth-order valence-corrected chi connectivity index (χ4v) is 15.2. The Morgan fingerprint density at radius 3 is 1.98 bits per heavy atom. The Balaban J connectivity index is 1.29. The summed E-state index contributed by atoms with van der Waals surface area (Å²) in [6, 6.07) is -0.148. The molecule has 7 rings (SSSR count). The summed E-state index contributed by atoms with van der Waals surface area (Å²) in [5.74, 6) is -15.9. The molecule has 0 unspecified atom stereocenters. The molecule has 4 aromatic rings. The smallest absolute Gasteiger partial charge is 0.303 e. The van der Waals surface area contributed by atoms with Crippen molar-refractivity contribution < 1.29 is 81.7 Å². The van der Waals surface area contributed by atoms with Crippen molar-refractivity contribution in [2.45, 2.75) is 183 Å². The normalized spacial score (nSPS) is 23.0. The number of aliphatic carboxylic acids is 1. The van der Waals surface area contributed by atoms with Crippen LogP contribution in [0.5, 0.6) is 5.75 Å². The average molecular weight is 1560 g/mol. The zero-order valence-corrected chi connectivity index (χ0v) is 61.8. The minimum Gasteiger partial charge on any atom is -0.508 e. The Morgan fingerprint density at radius 1 is 0.704 bits per heavy atom. The molecule has 1 saturated carbocycles. The van der Waals surface area contributed by atoms with Crippen molar-refractivity contribution in [2.75, 3.05) is 31.1 Å². The van der Waals surface area contributed by atoms with E-state index < -0.39 is 218 Å². The molecule has 108 heavy (non-hydrogen) atoms. The van der Waals surface area contributed by atoms with Crippen LogP contribution in [-0.4, -0.2) is 206 Å². The molecule has 0 spiro atoms. The molecular weight excluding hydrogens is 1470 g/mol. The first-order valence-electron chi connectivity index (χ1n) is 35.3. The second-order valence-electron chi connectivity index (χ2n) is 26.8. The highest BCUT2D eigenvalue weighted by molar-refractivity contribution is 8.76. The molecule has 3 fully saturated rings. The van der Waals surface area contributed by atoms with Gasteiger partial charge in [0.1, 0.15) is 72.0 Å². The summed E-state index contributed by atoms with van der Waals surface area (Å²) in [5, 5.41) is 46.8. The van der Waals surface area contributed by atoms with Crippen molar-refractivity contribution in [3.05, 3.63) is 100 Å². The number of hydrogen-bond donors (Lipinski definition) is 18. The molecule has 1 aliphatic carbocycles. The van der Waals surface area contributed by atoms with Crippen molar-refractivity contribution in [3.8, 4) is 5.75 Å². The first-order valence-corrected chi connectivity index (χ1v) is 38.2. The maximum absolute atomic E-state index is 15.3. The maximum atomic E-state index is 15.3. The number of aliphatic imine (C=N–C) groups is 1. The number of primary amides is 2. The summed E-state index contributed by atoms with van der Waals surface area (Å²) in [4.78, 5) is 206. The van der Waals surface area contributed by atoms with Gasteiger partial charge >= 0.3 is 5.97 Å². The number of likely N-dealkylation sites (tertiary alicyclic amines) is 1. The van der Waals surface area contributed by atoms with E-state index in [1.54, 1.807) is 31.2 Å². The van der Waals surface area contributed by atoms with Gasteiger partial charge in [0, 0.05) is 104 Å². The summed E-state index contributed by atoms with van der Waals surface area (Å²) < 4.78 is 14.8. The number of benzene rings is 3. The number of carbonyl (C=O) groups excluding carboxylic acids is 13. The molecule has 1 aromatic heterocycles. The van der Waals surface area contributed by atoms with Crippen molar-refractivity contribution >= 4 is 133 Å². The lowest BCUT2D eigenvalue weighted by Gasteiger charge is -2.30. The van der Waals surface area contributed by atoms with Crippen LogP contribution in [0.25, 0.3) is 10.9 Å². The van der Waals surface area contributed by atoms with Crippen LogP contribution in [-0.2, 0) is 86.4 Å². The van der Waals surface area contributed by atoms with E-state index in [0.717, 1.165) is 33.7 Å². The molecule has 3 heterocycles. The molecule has 0 bridgehead atoms. The van der Waals surface area contributed by atoms with Crippen LogP contribution >= 0.6 is 33.2 Å². The molecule has 3 aliphatic rings. The number of H-pyrrole nitrogens is 1. The number of aromatic nitrogens is 1. The summed E-state index contributed by atoms with van der Waals surface area (Å²) >= 11 is 6.69. The quantitative estimate of drug-likeness (QED) is 0.0165. The minimum atomic E-state index is -1.80. The maximum Gasteiger partial charge on any atom is 0.303 e. The lowest BCUT2D eigenvalue weighted by atomic mass is 9.95. The zero-order valence-electron chi connectivity index (χ0n) is 59.4. The number of halogens is 2. The molecular formula is C70H94ClFN18O16S2. The van der Waals surface area contributed by atoms with E-state index in [1.807, 2.05) is 0 Å². The number of nitrogens with two attached hydrogens (primary N) is 5. The van der Waals surface area contributed by atoms with Gasteiger partial charge in [0.2, 0.25) is 76.8 Å². The molecule has 2 aliphatic heterocycles. The summed E-state index contributed by atoms with van der Waals surface area (Å²) in [7, 11) is 1.70. The van der Waals surface area contributed by atoms with Crippen molar-refractivity contribution in [3.63, 3.8) is 0 Å². The molecule has 2 saturated heterocycles. The van der Waals surface area contributed by atoms with E-state index in [-0.39, 0.29) is 79.3 Å². The number of amides is 13. The van der Waals surface area contributed by atoms with Gasteiger partial charge in [0.25, 0.3) is 0 Å². The van der Waals surface area contributed by atoms with Crippen LogP contribution in [0.4, 0.5) is 4.39 Å². The Kier molecular flexibility index (Phi) is 32.8. The van der Waals surface area contributed by atoms with Gasteiger partial charge in [-0.05, 0) is 117 Å². The van der Waals surface area contributed by atoms with Crippen LogP contribution in [0.15, 0.2) is 77.9 Å². The topological polar surface area (TPSA) is 561 Å². The van der Waals surface area contributed by atoms with Crippen molar-refractivity contribution in [1.82, 2.24) is 63.1 Å². The molecule has 586 valence electrons. The summed E-state index contributed by atoms with van der Waals surface area (Å²) in [6.45, 7) is 1.38. The van der Waals surface area contributed by atoms with E-state index in [2.05, 4.69) is 63.1 Å². The Bertz CT molecular complexity index is 3940. The highest BCUT2D eigenvalue weighted by Crippen LogP contribution is 2.30. The van der Waals surface area contributed by atoms with Crippen LogP contribution in [0, 0.1) is 11.7 Å². The molecule has 0 radical (unpaired) electrons. The largest absolute Gasteiger partial charge is 0.508 e. The monoisotopic (exact) mass is 1560 g/mol. The minimum absolute atomic E-state index is 0.0259. The standard InChI is InChI=1S/C70H94ClFN18O16S2/c1-36(73)28-57(94)90-27-7-13-54(90)68(105)85-49(29-37-14-17-42(91)18-15-37)64(101)88-53-35-108-107-34-52(60(75)97)87-63(100)48(21-23-58(95)96)83-66(103)51(31-40-33-80-45-19-16-41(72)32-43(40)45)84-62(99)47(20-22-55(74)92)81-56(93)24-26-78-61(98)46(12-6-25-79-70(76)77)82-65(102)50(30-39-10-4-5-11-44(39)71)86-69(106)59(89-67(53)104)38-8-2-3-9-38/h4-5,10-11,14-19,32-33,36,38,46-54,59,80,91H,2-3,6-9,12-13,20-31,34-35,73H2,1H3,(H2,74,92)(H2,75,97)(H,78,98)(H,81,93)(H,82,102)(H,83,103)(H,84,99)(H,85,105)(H,86,106)(H,87,100)(H,88,101)(H,89,104)(H,95,96)(H4,76,77,79)/t36-,46+,47-,48+,49+,50+,51+,52+,53+,54+,59+/m1/s1. The van der Waals surface area contributed by atoms with E-state index in [9.17, 15) is 67.3 Å². The molecule has 23 N–H and O–H groups in total. The number of carboxylic acid groups (broad SMARTS) is 1. The number of hydrogen-bond acceptors (Lipinski definition) is 19. The second-order valence-corrected chi connectivity index (χ2v) is 29.7. The van der Waals surface area contributed by atoms with Crippen LogP contribution in [0.3, 0.4) is 0 Å². The number of guanidine groups is 1. The number of rotatable bonds is 24. The lowest BCUT2D eigenvalue weighted by molar-refractivity contribution is -0.140. The SMILES string of the molecule is C[C@@H](N)CC(=O)N1CCC[C@H]1C(=O)N[C@@H](Cc1ccc(O)cc1)C(=O)N[C@H]1CSSC[C@@H](C(N)=O)NC(=O)[C@H](CCC(=O)O)NC(=O)[C@H](Cc2c[nH]c3ccc(F)cc23)NC(=O)[C@@H](CCC(N)=O)NC(=O)CCNC(=O)[C@H](CCCN=C(N)N)NC(=O)[C@H](Cc2ccccc2Cl)NC(=O)[C@H](C2CCCC2)NC1=O. The van der Waals surface area contributed by atoms with Gasteiger partial charge in [0.05, 0.1) is 0 Å². The number of phenols is 1. The number of aromatic amines is 1. The predicted octanol–water partition coefficient (Wildman–Crippen LogP) is -1.45. The van der Waals surface area contributed by atoms with Gasteiger partial charge in [-0.15, -0.1) is 0 Å². The van der Waals surface area contributed by atoms with Crippen LogP contribution in [0.1, 0.15) is 114 Å². The molecule has 38 heteroatoms. The third kappa shape index (κ3) is 26.6. The Morgan fingerprint density at radius 2 is 1.32 bits per heavy atom. The lowest BCUT2D eigenvalue weighted by Crippen LogP contribution is -2.61. The Labute approximate surface area is 633 Å². The van der Waals surface area contributed by atoms with Crippen LogP contribution in [0.2, 0.25) is 5.02 Å². The average Bonchev–Trinajstić information content (AvgIpc) is 1.64. The Hall–Kier alpha value is -10.3. The number of fused-ring (bicyclic) bond motifs is 1. The van der Waals surface area contributed by atoms with Crippen LogP contribution < -0.4 is 81.8 Å². The summed E-state index contributed by atoms with van der Waals surface area (Å²) in [5.41, 5.74) is 30.0. The fourth-order valence-electron chi connectivity index (χ4n) is 12.6. The number of aromatic hydroxyl groups is 1. The highest BCUT2D eigenvalue weighted by Gasteiger charge is 2.41. The number of nitrogens with zero attached hydrogens (tertiary/aromatic N) is 2. The number of carbonyl (C=O) groups is 14.